The van der Waals surface area contributed by atoms with Crippen LogP contribution in [0.4, 0.5) is 14.0 Å². The Bertz CT molecular complexity index is 1370. The van der Waals surface area contributed by atoms with Crippen molar-refractivity contribution in [1.29, 1.82) is 0 Å². The van der Waals surface area contributed by atoms with Gasteiger partial charge in [-0.2, -0.15) is 0 Å². The number of hydrogen-bond donors (Lipinski definition) is 3. The van der Waals surface area contributed by atoms with Crippen LogP contribution < -0.4 is 10.6 Å². The van der Waals surface area contributed by atoms with E-state index >= 15 is 0 Å². The summed E-state index contributed by atoms with van der Waals surface area (Å²) in [4.78, 5) is 69.0. The molecule has 13 heteroatoms. The summed E-state index contributed by atoms with van der Waals surface area (Å²) in [6.45, 7) is 5.60. The number of carboxylic acids is 1. The van der Waals surface area contributed by atoms with E-state index in [0.29, 0.717) is 38.6 Å². The van der Waals surface area contributed by atoms with Gasteiger partial charge in [0.2, 0.25) is 11.8 Å². The summed E-state index contributed by atoms with van der Waals surface area (Å²) in [5.74, 6) is -2.80. The standard InChI is InChI=1S/C33H45FN4O8/c1-32(2,3)46-30(43)35-25-10-8-6-4-5-7-9-22-17-33(22,29(41)42)36-27(39)26-16-24(19-38(26)28(25)40)45-31(44)37-14-13-20-15-23(34)12-11-21(20)18-37/h11-12,15,22,24-26H,4-10,13-14,16-19H2,1-3H3,(H,35,43)(H,36,39)(H,41,42)/t22-,24-,25+,26+,33-/m1/s1. The predicted octanol–water partition coefficient (Wildman–Crippen LogP) is 3.89. The third-order valence-electron chi connectivity index (χ3n) is 9.42. The van der Waals surface area contributed by atoms with E-state index in [-0.39, 0.29) is 31.2 Å². The van der Waals surface area contributed by atoms with E-state index in [1.165, 1.54) is 21.9 Å². The number of carboxylic acid groups (broad SMARTS) is 1. The van der Waals surface area contributed by atoms with Crippen LogP contribution in [0, 0.1) is 11.7 Å². The third kappa shape index (κ3) is 7.72. The summed E-state index contributed by atoms with van der Waals surface area (Å²) >= 11 is 0. The molecule has 0 aromatic heterocycles. The second kappa shape index (κ2) is 13.4. The maximum Gasteiger partial charge on any atom is 0.410 e. The quantitative estimate of drug-likeness (QED) is 0.448. The van der Waals surface area contributed by atoms with Crippen LogP contribution in [0.5, 0.6) is 0 Å². The number of nitrogens with one attached hydrogen (secondary N) is 2. The highest BCUT2D eigenvalue weighted by Crippen LogP contribution is 2.47. The van der Waals surface area contributed by atoms with Crippen molar-refractivity contribution < 1.29 is 42.9 Å². The molecule has 0 unspecified atom stereocenters. The van der Waals surface area contributed by atoms with Crippen molar-refractivity contribution in [3.05, 3.63) is 35.1 Å². The van der Waals surface area contributed by atoms with Gasteiger partial charge in [0.05, 0.1) is 6.54 Å². The van der Waals surface area contributed by atoms with Gasteiger partial charge in [-0.3, -0.25) is 9.59 Å². The first-order valence-electron chi connectivity index (χ1n) is 16.3. The molecule has 46 heavy (non-hydrogen) atoms. The van der Waals surface area contributed by atoms with Gasteiger partial charge in [0, 0.05) is 19.5 Å². The summed E-state index contributed by atoms with van der Waals surface area (Å²) < 4.78 is 24.9. The number of alkyl carbamates (subject to hydrolysis) is 1. The largest absolute Gasteiger partial charge is 0.479 e. The number of halogens is 1. The maximum absolute atomic E-state index is 14.1. The molecule has 4 aliphatic rings. The van der Waals surface area contributed by atoms with Crippen LogP contribution in [-0.2, 0) is 36.8 Å². The lowest BCUT2D eigenvalue weighted by Gasteiger charge is -2.30. The summed E-state index contributed by atoms with van der Waals surface area (Å²) in [6.07, 6.45) is 3.61. The van der Waals surface area contributed by atoms with E-state index in [2.05, 4.69) is 10.6 Å². The Balaban J connectivity index is 1.35. The first-order chi connectivity index (χ1) is 21.8. The first-order valence-corrected chi connectivity index (χ1v) is 16.3. The van der Waals surface area contributed by atoms with E-state index < -0.39 is 59.3 Å². The van der Waals surface area contributed by atoms with Gasteiger partial charge in [-0.05, 0) is 75.6 Å². The fraction of sp³-hybridized carbons (Fsp3) is 0.667. The van der Waals surface area contributed by atoms with Crippen LogP contribution in [0.1, 0.15) is 89.7 Å². The molecular weight excluding hydrogens is 599 g/mol. The zero-order chi connectivity index (χ0) is 33.2. The van der Waals surface area contributed by atoms with Gasteiger partial charge in [0.1, 0.15) is 35.1 Å². The van der Waals surface area contributed by atoms with Crippen LogP contribution >= 0.6 is 0 Å². The lowest BCUT2D eigenvalue weighted by molar-refractivity contribution is -0.146. The van der Waals surface area contributed by atoms with Gasteiger partial charge in [-0.1, -0.05) is 38.2 Å². The normalized spacial score (nSPS) is 28.8. The average Bonchev–Trinajstić information content (AvgIpc) is 3.51. The molecule has 0 bridgehead atoms. The number of carbonyl (C=O) groups excluding carboxylic acids is 4. The van der Waals surface area contributed by atoms with Crippen LogP contribution in [-0.4, -0.2) is 87.3 Å². The van der Waals surface area contributed by atoms with Gasteiger partial charge >= 0.3 is 18.2 Å². The number of amides is 4. The molecule has 4 amide bonds. The predicted molar refractivity (Wildman–Crippen MR) is 163 cm³/mol. The first kappa shape index (κ1) is 33.5. The molecule has 252 valence electrons. The zero-order valence-corrected chi connectivity index (χ0v) is 26.8. The monoisotopic (exact) mass is 644 g/mol. The lowest BCUT2D eigenvalue weighted by atomic mass is 10.00. The summed E-state index contributed by atoms with van der Waals surface area (Å²) in [5.41, 5.74) is -0.549. The highest BCUT2D eigenvalue weighted by molar-refractivity contribution is 5.96. The second-order valence-corrected chi connectivity index (χ2v) is 14.0. The van der Waals surface area contributed by atoms with Crippen molar-refractivity contribution in [3.63, 3.8) is 0 Å². The molecule has 1 aromatic carbocycles. The van der Waals surface area contributed by atoms with Crippen LogP contribution in [0.25, 0.3) is 0 Å². The van der Waals surface area contributed by atoms with Crippen molar-refractivity contribution in [2.75, 3.05) is 13.1 Å². The van der Waals surface area contributed by atoms with Gasteiger partial charge in [-0.25, -0.2) is 18.8 Å². The van der Waals surface area contributed by atoms with Gasteiger partial charge in [0.25, 0.3) is 0 Å². The van der Waals surface area contributed by atoms with E-state index in [4.69, 9.17) is 9.47 Å². The molecule has 12 nitrogen and oxygen atoms in total. The minimum Gasteiger partial charge on any atom is -0.479 e. The highest BCUT2D eigenvalue weighted by atomic mass is 19.1. The van der Waals surface area contributed by atoms with Crippen molar-refractivity contribution in [2.24, 2.45) is 5.92 Å². The van der Waals surface area contributed by atoms with E-state index in [0.717, 1.165) is 36.8 Å². The average molecular weight is 645 g/mol. The smallest absolute Gasteiger partial charge is 0.410 e. The molecule has 1 aliphatic carbocycles. The van der Waals surface area contributed by atoms with Gasteiger partial charge in [-0.15, -0.1) is 0 Å². The number of nitrogens with zero attached hydrogens (tertiary/aromatic N) is 2. The van der Waals surface area contributed by atoms with Gasteiger partial charge in [0.15, 0.2) is 0 Å². The zero-order valence-electron chi connectivity index (χ0n) is 26.8. The minimum absolute atomic E-state index is 0.0293. The summed E-state index contributed by atoms with van der Waals surface area (Å²) in [6, 6.07) is 2.34. The number of carbonyl (C=O) groups is 5. The Kier molecular flexibility index (Phi) is 9.78. The number of fused-ring (bicyclic) bond motifs is 3. The SMILES string of the molecule is CC(C)(C)OC(=O)N[C@H]1CCCCCCC[C@@H]2C[C@@]2(C(=O)O)NC(=O)[C@@H]2C[C@@H](OC(=O)N3CCc4cc(F)ccc4C3)CN2C1=O. The highest BCUT2D eigenvalue weighted by Gasteiger charge is 2.62. The lowest BCUT2D eigenvalue weighted by Crippen LogP contribution is -2.56. The number of rotatable bonds is 3. The molecular formula is C33H45FN4O8. The van der Waals surface area contributed by atoms with E-state index in [1.54, 1.807) is 26.8 Å². The van der Waals surface area contributed by atoms with Crippen molar-refractivity contribution in [1.82, 2.24) is 20.4 Å². The van der Waals surface area contributed by atoms with Crippen molar-refractivity contribution >= 4 is 30.0 Å². The molecule has 2 saturated heterocycles. The molecule has 1 saturated carbocycles. The van der Waals surface area contributed by atoms with Crippen molar-refractivity contribution in [2.45, 2.75) is 121 Å². The van der Waals surface area contributed by atoms with Crippen LogP contribution in [0.2, 0.25) is 0 Å². The molecule has 3 heterocycles. The Morgan fingerprint density at radius 2 is 1.78 bits per heavy atom. The fourth-order valence-electron chi connectivity index (χ4n) is 6.90. The van der Waals surface area contributed by atoms with Gasteiger partial charge < -0.3 is 35.0 Å². The maximum atomic E-state index is 14.1. The number of aliphatic carboxylic acids is 1. The van der Waals surface area contributed by atoms with Crippen LogP contribution in [0.3, 0.4) is 0 Å². The Morgan fingerprint density at radius 3 is 2.50 bits per heavy atom. The molecule has 3 fully saturated rings. The third-order valence-corrected chi connectivity index (χ3v) is 9.42. The summed E-state index contributed by atoms with van der Waals surface area (Å²) in [7, 11) is 0. The second-order valence-electron chi connectivity index (χ2n) is 14.0. The Labute approximate surface area is 268 Å². The van der Waals surface area contributed by atoms with Crippen molar-refractivity contribution in [3.8, 4) is 0 Å². The molecule has 5 atom stereocenters. The van der Waals surface area contributed by atoms with Crippen LogP contribution in [0.15, 0.2) is 18.2 Å². The fourth-order valence-corrected chi connectivity index (χ4v) is 6.90. The molecule has 0 spiro atoms. The molecule has 3 N–H and O–H groups in total. The number of hydrogen-bond acceptors (Lipinski definition) is 7. The molecule has 5 rings (SSSR count). The Hall–Kier alpha value is -3.90. The summed E-state index contributed by atoms with van der Waals surface area (Å²) in [5, 5.41) is 15.5. The Morgan fingerprint density at radius 1 is 1.07 bits per heavy atom. The minimum atomic E-state index is -1.39. The topological polar surface area (TPSA) is 155 Å². The number of benzene rings is 1. The molecule has 0 radical (unpaired) electrons. The molecule has 1 aromatic rings. The van der Waals surface area contributed by atoms with E-state index in [9.17, 15) is 33.5 Å². The number of ether oxygens (including phenoxy) is 2. The molecule has 3 aliphatic heterocycles. The van der Waals surface area contributed by atoms with E-state index in [1.807, 2.05) is 0 Å².